The molecule has 1 unspecified atom stereocenters. The molecule has 1 saturated carbocycles. The predicted octanol–water partition coefficient (Wildman–Crippen LogP) is 3.44. The van der Waals surface area contributed by atoms with E-state index in [1.807, 2.05) is 6.07 Å². The number of halogens is 1. The van der Waals surface area contributed by atoms with Gasteiger partial charge in [0.1, 0.15) is 11.5 Å². The molecule has 1 aromatic carbocycles. The summed E-state index contributed by atoms with van der Waals surface area (Å²) in [7, 11) is 1.71. The molecule has 26 heavy (non-hydrogen) atoms. The van der Waals surface area contributed by atoms with Gasteiger partial charge < -0.3 is 14.8 Å². The zero-order chi connectivity index (χ0) is 17.7. The monoisotopic (exact) mass is 379 g/mol. The van der Waals surface area contributed by atoms with Crippen LogP contribution in [0.4, 0.5) is 0 Å². The van der Waals surface area contributed by atoms with E-state index >= 15 is 0 Å². The van der Waals surface area contributed by atoms with E-state index in [2.05, 4.69) is 31.3 Å². The van der Waals surface area contributed by atoms with Crippen LogP contribution in [0.15, 0.2) is 18.2 Å². The number of carbonyl (C=O) groups excluding carboxylic acids is 1. The number of ether oxygens (including phenoxy) is 2. The highest BCUT2D eigenvalue weighted by atomic mass is 35.5. The summed E-state index contributed by atoms with van der Waals surface area (Å²) in [6.45, 7) is 5.97. The van der Waals surface area contributed by atoms with Crippen molar-refractivity contribution in [1.82, 2.24) is 5.32 Å². The first kappa shape index (κ1) is 19.7. The van der Waals surface area contributed by atoms with Crippen LogP contribution in [0.1, 0.15) is 50.7 Å². The number of rotatable bonds is 4. The molecule has 1 aromatic rings. The third-order valence-corrected chi connectivity index (χ3v) is 6.98. The van der Waals surface area contributed by atoms with Gasteiger partial charge in [-0.15, -0.1) is 12.4 Å². The molecular formula is C21H30ClNO3. The van der Waals surface area contributed by atoms with Gasteiger partial charge in [-0.2, -0.15) is 0 Å². The molecule has 2 bridgehead atoms. The van der Waals surface area contributed by atoms with E-state index in [0.29, 0.717) is 12.2 Å². The summed E-state index contributed by atoms with van der Waals surface area (Å²) in [6, 6.07) is 6.69. The molecule has 5 heteroatoms. The van der Waals surface area contributed by atoms with Gasteiger partial charge in [0.15, 0.2) is 0 Å². The number of methoxy groups -OCH3 is 1. The summed E-state index contributed by atoms with van der Waals surface area (Å²) < 4.78 is 12.2. The fourth-order valence-corrected chi connectivity index (χ4v) is 5.83. The molecule has 1 saturated heterocycles. The molecule has 0 radical (unpaired) electrons. The Bertz CT molecular complexity index is 694. The van der Waals surface area contributed by atoms with E-state index in [0.717, 1.165) is 44.6 Å². The first-order chi connectivity index (χ1) is 12.1. The number of Topliss-reactive ketones (excluding diaryl/α,β-unsaturated/α-hetero) is 1. The van der Waals surface area contributed by atoms with Crippen molar-refractivity contribution in [3.8, 4) is 5.75 Å². The smallest absolute Gasteiger partial charge is 0.136 e. The molecule has 1 N–H and O–H groups in total. The molecule has 0 aromatic heterocycles. The lowest BCUT2D eigenvalue weighted by Crippen LogP contribution is -2.75. The number of hydrogen-bond donors (Lipinski definition) is 1. The van der Waals surface area contributed by atoms with Crippen molar-refractivity contribution in [2.24, 2.45) is 5.92 Å². The van der Waals surface area contributed by atoms with Gasteiger partial charge in [-0.1, -0.05) is 19.9 Å². The molecule has 4 rings (SSSR count). The fourth-order valence-electron chi connectivity index (χ4n) is 5.83. The number of piperidine rings is 1. The molecule has 144 valence electrons. The molecule has 1 heterocycles. The van der Waals surface area contributed by atoms with E-state index < -0.39 is 0 Å². The van der Waals surface area contributed by atoms with Gasteiger partial charge in [-0.3, -0.25) is 4.79 Å². The van der Waals surface area contributed by atoms with Crippen LogP contribution in [-0.4, -0.2) is 37.7 Å². The summed E-state index contributed by atoms with van der Waals surface area (Å²) >= 11 is 0. The Kier molecular flexibility index (Phi) is 5.40. The summed E-state index contributed by atoms with van der Waals surface area (Å²) in [4.78, 5) is 12.8. The van der Waals surface area contributed by atoms with Crippen molar-refractivity contribution >= 4 is 18.2 Å². The lowest BCUT2D eigenvalue weighted by molar-refractivity contribution is -0.187. The summed E-state index contributed by atoms with van der Waals surface area (Å²) in [5, 5.41) is 3.73. The second-order valence-corrected chi connectivity index (χ2v) is 7.88. The second kappa shape index (κ2) is 7.14. The Labute approximate surface area is 162 Å². The fraction of sp³-hybridized carbons (Fsp3) is 0.667. The van der Waals surface area contributed by atoms with Crippen LogP contribution in [0, 0.1) is 5.92 Å². The highest BCUT2D eigenvalue weighted by molar-refractivity contribution is 5.85. The van der Waals surface area contributed by atoms with E-state index in [9.17, 15) is 4.79 Å². The largest absolute Gasteiger partial charge is 0.497 e. The Balaban J connectivity index is 0.00000196. The van der Waals surface area contributed by atoms with Crippen molar-refractivity contribution in [3.05, 3.63) is 29.3 Å². The van der Waals surface area contributed by atoms with Crippen molar-refractivity contribution in [2.75, 3.05) is 20.3 Å². The van der Waals surface area contributed by atoms with E-state index in [4.69, 9.17) is 9.47 Å². The van der Waals surface area contributed by atoms with Crippen LogP contribution in [-0.2, 0) is 21.4 Å². The highest BCUT2D eigenvalue weighted by Gasteiger charge is 2.67. The number of carbonyl (C=O) groups is 1. The van der Waals surface area contributed by atoms with Crippen LogP contribution in [0.3, 0.4) is 0 Å². The highest BCUT2D eigenvalue weighted by Crippen LogP contribution is 2.59. The minimum Gasteiger partial charge on any atom is -0.497 e. The average Bonchev–Trinajstić information content (AvgIpc) is 2.63. The Morgan fingerprint density at radius 1 is 1.31 bits per heavy atom. The van der Waals surface area contributed by atoms with Crippen molar-refractivity contribution < 1.29 is 14.3 Å². The second-order valence-electron chi connectivity index (χ2n) is 7.88. The lowest BCUT2D eigenvalue weighted by atomic mass is 9.46. The topological polar surface area (TPSA) is 47.6 Å². The van der Waals surface area contributed by atoms with Crippen molar-refractivity contribution in [3.63, 3.8) is 0 Å². The molecule has 2 fully saturated rings. The van der Waals surface area contributed by atoms with Crippen LogP contribution < -0.4 is 10.1 Å². The Hall–Kier alpha value is -1.10. The van der Waals surface area contributed by atoms with Crippen LogP contribution >= 0.6 is 12.4 Å². The third-order valence-electron chi connectivity index (χ3n) is 6.98. The number of fused-ring (bicyclic) bond motifs is 1. The first-order valence-corrected chi connectivity index (χ1v) is 9.66. The van der Waals surface area contributed by atoms with E-state index in [1.165, 1.54) is 11.1 Å². The SMILES string of the molecule is CCCO[C@@]12CCC(=O)C(C)[C@@]13CCN[C@@H]2Cc1ccc(OC)cc13.Cl. The molecule has 0 amide bonds. The summed E-state index contributed by atoms with van der Waals surface area (Å²) in [5.41, 5.74) is 2.11. The van der Waals surface area contributed by atoms with Gasteiger partial charge in [0.25, 0.3) is 0 Å². The maximum Gasteiger partial charge on any atom is 0.136 e. The van der Waals surface area contributed by atoms with Crippen LogP contribution in [0.25, 0.3) is 0 Å². The van der Waals surface area contributed by atoms with E-state index in [-0.39, 0.29) is 35.4 Å². The molecular weight excluding hydrogens is 350 g/mol. The minimum atomic E-state index is -0.284. The van der Waals surface area contributed by atoms with E-state index in [1.54, 1.807) is 7.11 Å². The minimum absolute atomic E-state index is 0. The van der Waals surface area contributed by atoms with Crippen molar-refractivity contribution in [2.45, 2.75) is 63.0 Å². The molecule has 2 aliphatic carbocycles. The van der Waals surface area contributed by atoms with Gasteiger partial charge in [0.2, 0.25) is 0 Å². The predicted molar refractivity (Wildman–Crippen MR) is 104 cm³/mol. The molecule has 1 aliphatic heterocycles. The van der Waals surface area contributed by atoms with Gasteiger partial charge in [0.05, 0.1) is 12.7 Å². The lowest BCUT2D eigenvalue weighted by Gasteiger charge is -2.64. The molecule has 3 aliphatic rings. The zero-order valence-electron chi connectivity index (χ0n) is 16.0. The molecule has 4 atom stereocenters. The molecule has 0 spiro atoms. The Morgan fingerprint density at radius 2 is 2.12 bits per heavy atom. The van der Waals surface area contributed by atoms with Gasteiger partial charge >= 0.3 is 0 Å². The Morgan fingerprint density at radius 3 is 2.85 bits per heavy atom. The first-order valence-electron chi connectivity index (χ1n) is 9.66. The van der Waals surface area contributed by atoms with Crippen LogP contribution in [0.5, 0.6) is 5.75 Å². The maximum atomic E-state index is 12.8. The zero-order valence-corrected chi connectivity index (χ0v) is 16.8. The average molecular weight is 380 g/mol. The maximum absolute atomic E-state index is 12.8. The van der Waals surface area contributed by atoms with Gasteiger partial charge in [-0.05, 0) is 55.5 Å². The van der Waals surface area contributed by atoms with Crippen LogP contribution in [0.2, 0.25) is 0 Å². The van der Waals surface area contributed by atoms with Crippen molar-refractivity contribution in [1.29, 1.82) is 0 Å². The number of ketones is 1. The number of hydrogen-bond acceptors (Lipinski definition) is 4. The molecule has 4 nitrogen and oxygen atoms in total. The number of nitrogens with one attached hydrogen (secondary N) is 1. The quantitative estimate of drug-likeness (QED) is 0.870. The normalized spacial score (nSPS) is 35.1. The van der Waals surface area contributed by atoms with Gasteiger partial charge in [0, 0.05) is 30.4 Å². The van der Waals surface area contributed by atoms with Gasteiger partial charge in [-0.25, -0.2) is 0 Å². The standard InChI is InChI=1S/C21H29NO3.ClH/c1-4-11-25-21-8-7-18(23)14(2)20(21)9-10-22-19(21)12-15-5-6-16(24-3)13-17(15)20;/h5-6,13-14,19,22H,4,7-12H2,1-3H3;1H/t14?,19-,20-,21-;/m1./s1. The summed E-state index contributed by atoms with van der Waals surface area (Å²) in [6.07, 6.45) is 4.36. The third kappa shape index (κ3) is 2.45. The number of benzene rings is 1. The summed E-state index contributed by atoms with van der Waals surface area (Å²) in [5.74, 6) is 1.24.